The molecule has 0 unspecified atom stereocenters. The Labute approximate surface area is 180 Å². The van der Waals surface area contributed by atoms with Crippen LogP contribution in [0.15, 0.2) is 54.6 Å². The molecule has 0 fully saturated rings. The molecule has 162 valence electrons. The Balaban J connectivity index is 0.00000450. The highest BCUT2D eigenvalue weighted by molar-refractivity contribution is 5.85. The molecule has 0 aliphatic heterocycles. The van der Waals surface area contributed by atoms with Crippen molar-refractivity contribution in [1.82, 2.24) is 5.32 Å². The lowest BCUT2D eigenvalue weighted by Crippen LogP contribution is -2.43. The molecule has 30 heavy (non-hydrogen) atoms. The Morgan fingerprint density at radius 1 is 1.07 bits per heavy atom. The van der Waals surface area contributed by atoms with Crippen LogP contribution >= 0.6 is 12.4 Å². The first-order valence-electron chi connectivity index (χ1n) is 9.13. The van der Waals surface area contributed by atoms with E-state index in [2.05, 4.69) is 5.32 Å². The number of non-ortho nitro benzene ring substituents is 1. The van der Waals surface area contributed by atoms with Crippen LogP contribution in [0.2, 0.25) is 0 Å². The number of alkyl carbamates (subject to hydrolysis) is 1. The normalized spacial score (nSPS) is 11.0. The van der Waals surface area contributed by atoms with Crippen LogP contribution < -0.4 is 15.8 Å². The van der Waals surface area contributed by atoms with Gasteiger partial charge >= 0.3 is 12.1 Å². The van der Waals surface area contributed by atoms with Crippen LogP contribution in [0.4, 0.5) is 10.5 Å². The maximum atomic E-state index is 12.5. The molecule has 9 nitrogen and oxygen atoms in total. The second kappa shape index (κ2) is 13.1. The number of unbranched alkanes of at least 4 members (excludes halogenated alkanes) is 1. The lowest BCUT2D eigenvalue weighted by atomic mass is 10.1. The van der Waals surface area contributed by atoms with Crippen LogP contribution in [0.1, 0.15) is 24.8 Å². The summed E-state index contributed by atoms with van der Waals surface area (Å²) in [6.07, 6.45) is 0.869. The van der Waals surface area contributed by atoms with Crippen molar-refractivity contribution in [3.8, 4) is 5.75 Å². The summed E-state index contributed by atoms with van der Waals surface area (Å²) in [6, 6.07) is 13.3. The minimum atomic E-state index is -0.931. The van der Waals surface area contributed by atoms with Gasteiger partial charge in [0.25, 0.3) is 5.69 Å². The monoisotopic (exact) mass is 437 g/mol. The van der Waals surface area contributed by atoms with Gasteiger partial charge in [-0.2, -0.15) is 0 Å². The van der Waals surface area contributed by atoms with E-state index in [1.165, 1.54) is 24.3 Å². The number of hydrogen-bond acceptors (Lipinski definition) is 7. The number of amides is 1. The molecule has 2 aromatic rings. The average Bonchev–Trinajstić information content (AvgIpc) is 2.72. The zero-order valence-electron chi connectivity index (χ0n) is 16.2. The van der Waals surface area contributed by atoms with Gasteiger partial charge in [-0.15, -0.1) is 12.4 Å². The van der Waals surface area contributed by atoms with Crippen molar-refractivity contribution in [2.45, 2.75) is 31.9 Å². The van der Waals surface area contributed by atoms with Gasteiger partial charge in [0.05, 0.1) is 4.92 Å². The minimum absolute atomic E-state index is 0. The SMILES string of the molecule is Cl.NCCCC[C@@H](NC(=O)OCc1ccccc1)C(=O)Oc1ccc([N+](=O)[O-])cc1. The number of carbonyl (C=O) groups excluding carboxylic acids is 2. The summed E-state index contributed by atoms with van der Waals surface area (Å²) in [6.45, 7) is 0.530. The summed E-state index contributed by atoms with van der Waals surface area (Å²) in [7, 11) is 0. The van der Waals surface area contributed by atoms with Gasteiger partial charge in [0, 0.05) is 12.1 Å². The topological polar surface area (TPSA) is 134 Å². The van der Waals surface area contributed by atoms with E-state index >= 15 is 0 Å². The summed E-state index contributed by atoms with van der Waals surface area (Å²) < 4.78 is 10.4. The van der Waals surface area contributed by atoms with Crippen LogP contribution in [0.5, 0.6) is 5.75 Å². The fourth-order valence-corrected chi connectivity index (χ4v) is 2.47. The van der Waals surface area contributed by atoms with Crippen LogP contribution in [0.3, 0.4) is 0 Å². The number of nitro groups is 1. The van der Waals surface area contributed by atoms with Gasteiger partial charge in [-0.25, -0.2) is 9.59 Å². The number of nitrogens with one attached hydrogen (secondary N) is 1. The number of halogens is 1. The molecular weight excluding hydrogens is 414 g/mol. The Morgan fingerprint density at radius 2 is 1.73 bits per heavy atom. The molecule has 0 aromatic heterocycles. The third kappa shape index (κ3) is 8.46. The Morgan fingerprint density at radius 3 is 2.33 bits per heavy atom. The smallest absolute Gasteiger partial charge is 0.408 e. The van der Waals surface area contributed by atoms with Crippen molar-refractivity contribution >= 4 is 30.2 Å². The van der Waals surface area contributed by atoms with Crippen molar-refractivity contribution in [1.29, 1.82) is 0 Å². The number of ether oxygens (including phenoxy) is 2. The Kier molecular flexibility index (Phi) is 10.9. The predicted octanol–water partition coefficient (Wildman–Crippen LogP) is 3.35. The molecule has 1 amide bonds. The van der Waals surface area contributed by atoms with Crippen molar-refractivity contribution in [3.05, 3.63) is 70.3 Å². The predicted molar refractivity (Wildman–Crippen MR) is 112 cm³/mol. The first-order chi connectivity index (χ1) is 14.0. The number of benzene rings is 2. The zero-order valence-corrected chi connectivity index (χ0v) is 17.0. The van der Waals surface area contributed by atoms with Gasteiger partial charge < -0.3 is 20.5 Å². The van der Waals surface area contributed by atoms with Gasteiger partial charge in [-0.05, 0) is 43.5 Å². The maximum absolute atomic E-state index is 12.5. The molecule has 2 aromatic carbocycles. The van der Waals surface area contributed by atoms with E-state index < -0.39 is 23.0 Å². The largest absolute Gasteiger partial charge is 0.445 e. The highest BCUT2D eigenvalue weighted by Crippen LogP contribution is 2.18. The molecule has 2 rings (SSSR count). The molecule has 0 aliphatic rings. The maximum Gasteiger partial charge on any atom is 0.408 e. The van der Waals surface area contributed by atoms with E-state index in [1.54, 1.807) is 0 Å². The van der Waals surface area contributed by atoms with E-state index in [0.717, 1.165) is 5.56 Å². The molecule has 0 spiro atoms. The standard InChI is InChI=1S/C20H23N3O6.ClH/c21-13-5-4-8-18(22-20(25)28-14-15-6-2-1-3-7-15)19(24)29-17-11-9-16(10-12-17)23(26)27;/h1-3,6-7,9-12,18H,4-5,8,13-14,21H2,(H,22,25);1H/t18-;/m1./s1. The van der Waals surface area contributed by atoms with Crippen LogP contribution in [-0.2, 0) is 16.1 Å². The quantitative estimate of drug-likeness (QED) is 0.191. The van der Waals surface area contributed by atoms with E-state index in [9.17, 15) is 19.7 Å². The number of carbonyl (C=O) groups is 2. The number of esters is 1. The van der Waals surface area contributed by atoms with E-state index in [4.69, 9.17) is 15.2 Å². The number of rotatable bonds is 10. The first-order valence-corrected chi connectivity index (χ1v) is 9.13. The van der Waals surface area contributed by atoms with Crippen molar-refractivity contribution in [3.63, 3.8) is 0 Å². The van der Waals surface area contributed by atoms with Crippen molar-refractivity contribution in [2.24, 2.45) is 5.73 Å². The molecule has 0 heterocycles. The summed E-state index contributed by atoms with van der Waals surface area (Å²) in [4.78, 5) is 34.7. The van der Waals surface area contributed by atoms with E-state index in [0.29, 0.717) is 25.8 Å². The van der Waals surface area contributed by atoms with Crippen LogP contribution in [-0.4, -0.2) is 29.6 Å². The Bertz CT molecular complexity index is 817. The summed E-state index contributed by atoms with van der Waals surface area (Å²) >= 11 is 0. The molecule has 1 atom stereocenters. The fraction of sp³-hybridized carbons (Fsp3) is 0.300. The van der Waals surface area contributed by atoms with Gasteiger partial charge in [0.1, 0.15) is 18.4 Å². The van der Waals surface area contributed by atoms with Gasteiger partial charge in [0.2, 0.25) is 0 Å². The molecule has 0 radical (unpaired) electrons. The van der Waals surface area contributed by atoms with E-state index in [-0.39, 0.29) is 30.5 Å². The second-order valence-electron chi connectivity index (χ2n) is 6.22. The lowest BCUT2D eigenvalue weighted by Gasteiger charge is -2.17. The number of hydrogen-bond donors (Lipinski definition) is 2. The summed E-state index contributed by atoms with van der Waals surface area (Å²) in [5.41, 5.74) is 6.18. The third-order valence-electron chi connectivity index (χ3n) is 4.00. The van der Waals surface area contributed by atoms with Crippen LogP contribution in [0.25, 0.3) is 0 Å². The van der Waals surface area contributed by atoms with Gasteiger partial charge in [-0.3, -0.25) is 10.1 Å². The first kappa shape index (κ1) is 24.9. The van der Waals surface area contributed by atoms with Crippen molar-refractivity contribution < 1.29 is 24.0 Å². The molecule has 0 aliphatic carbocycles. The molecule has 0 bridgehead atoms. The zero-order chi connectivity index (χ0) is 21.1. The second-order valence-corrected chi connectivity index (χ2v) is 6.22. The third-order valence-corrected chi connectivity index (χ3v) is 4.00. The minimum Gasteiger partial charge on any atom is -0.445 e. The van der Waals surface area contributed by atoms with Gasteiger partial charge in [0.15, 0.2) is 0 Å². The average molecular weight is 438 g/mol. The lowest BCUT2D eigenvalue weighted by molar-refractivity contribution is -0.384. The Hall–Kier alpha value is -3.17. The highest BCUT2D eigenvalue weighted by Gasteiger charge is 2.23. The molecule has 10 heteroatoms. The number of nitro benzene ring substituents is 1. The number of nitrogens with zero attached hydrogens (tertiary/aromatic N) is 1. The molecule has 0 saturated carbocycles. The van der Waals surface area contributed by atoms with E-state index in [1.807, 2.05) is 30.3 Å². The van der Waals surface area contributed by atoms with Crippen molar-refractivity contribution in [2.75, 3.05) is 6.54 Å². The molecular formula is C20H24ClN3O6. The van der Waals surface area contributed by atoms with Crippen LogP contribution in [0, 0.1) is 10.1 Å². The fourth-order valence-electron chi connectivity index (χ4n) is 2.47. The summed E-state index contributed by atoms with van der Waals surface area (Å²) in [5, 5.41) is 13.2. The van der Waals surface area contributed by atoms with Gasteiger partial charge in [-0.1, -0.05) is 30.3 Å². The highest BCUT2D eigenvalue weighted by atomic mass is 35.5. The number of nitrogens with two attached hydrogens (primary N) is 1. The molecule has 3 N–H and O–H groups in total. The summed E-state index contributed by atoms with van der Waals surface area (Å²) in [5.74, 6) is -0.545. The molecule has 0 saturated heterocycles.